The van der Waals surface area contributed by atoms with Crippen molar-refractivity contribution in [2.24, 2.45) is 17.8 Å². The van der Waals surface area contributed by atoms with Crippen LogP contribution in [0.1, 0.15) is 40.2 Å². The van der Waals surface area contributed by atoms with E-state index in [-0.39, 0.29) is 30.1 Å². The minimum absolute atomic E-state index is 0.0824. The van der Waals surface area contributed by atoms with Crippen LogP contribution in [0.5, 0.6) is 11.5 Å². The summed E-state index contributed by atoms with van der Waals surface area (Å²) in [5.41, 5.74) is 2.27. The number of phenols is 1. The molecule has 1 N–H and O–H groups in total. The molecule has 3 aromatic rings. The number of nitrogens with zero attached hydrogens (tertiary/aromatic N) is 2. The summed E-state index contributed by atoms with van der Waals surface area (Å²) in [6, 6.07) is 19.5. The van der Waals surface area contributed by atoms with Gasteiger partial charge in [0.25, 0.3) is 11.8 Å². The van der Waals surface area contributed by atoms with Crippen molar-refractivity contribution in [1.29, 1.82) is 0 Å². The minimum Gasteiger partial charge on any atom is -0.508 e. The van der Waals surface area contributed by atoms with Crippen molar-refractivity contribution in [3.8, 4) is 11.5 Å². The van der Waals surface area contributed by atoms with Crippen molar-refractivity contribution in [2.75, 3.05) is 19.1 Å². The van der Waals surface area contributed by atoms with Gasteiger partial charge in [-0.25, -0.2) is 0 Å². The van der Waals surface area contributed by atoms with Gasteiger partial charge in [-0.2, -0.15) is 0 Å². The van der Waals surface area contributed by atoms with Gasteiger partial charge < -0.3 is 9.84 Å². The molecule has 4 amide bonds. The van der Waals surface area contributed by atoms with E-state index in [9.17, 15) is 29.1 Å². The van der Waals surface area contributed by atoms with E-state index < -0.39 is 57.0 Å². The predicted molar refractivity (Wildman–Crippen MR) is 169 cm³/mol. The zero-order chi connectivity index (χ0) is 32.7. The fourth-order valence-corrected chi connectivity index (χ4v) is 8.81. The van der Waals surface area contributed by atoms with Crippen LogP contribution in [-0.2, 0) is 19.2 Å². The second-order valence-electron chi connectivity index (χ2n) is 12.2. The van der Waals surface area contributed by atoms with Gasteiger partial charge in [-0.05, 0) is 49.1 Å². The third kappa shape index (κ3) is 3.97. The fraction of sp³-hybridized carbons (Fsp3) is 0.286. The van der Waals surface area contributed by atoms with Gasteiger partial charge in [0.05, 0.1) is 24.6 Å². The Kier molecular flexibility index (Phi) is 6.92. The van der Waals surface area contributed by atoms with Crippen molar-refractivity contribution < 1.29 is 33.8 Å². The Bertz CT molecular complexity index is 1880. The maximum absolute atomic E-state index is 14.3. The average molecular weight is 660 g/mol. The number of halogens is 2. The lowest BCUT2D eigenvalue weighted by Gasteiger charge is -2.51. The number of benzene rings is 3. The van der Waals surface area contributed by atoms with Crippen LogP contribution in [0.15, 0.2) is 84.4 Å². The number of hydrogen-bond donors (Lipinski definition) is 1. The van der Waals surface area contributed by atoms with Crippen LogP contribution in [0.25, 0.3) is 0 Å². The molecule has 0 bridgehead atoms. The molecule has 2 aliphatic carbocycles. The first-order valence-corrected chi connectivity index (χ1v) is 15.5. The maximum Gasteiger partial charge on any atom is 0.253 e. The summed E-state index contributed by atoms with van der Waals surface area (Å²) in [5.74, 6) is -5.62. The number of ether oxygens (including phenoxy) is 1. The van der Waals surface area contributed by atoms with Crippen LogP contribution < -0.4 is 9.64 Å². The molecule has 46 heavy (non-hydrogen) atoms. The molecule has 2 aliphatic heterocycles. The second-order valence-corrected chi connectivity index (χ2v) is 13.4. The zero-order valence-corrected chi connectivity index (χ0v) is 26.3. The van der Waals surface area contributed by atoms with Gasteiger partial charge in [-0.3, -0.25) is 33.8 Å². The number of carbonyl (C=O) groups is 5. The summed E-state index contributed by atoms with van der Waals surface area (Å²) in [5, 5.41) is 10.2. The highest BCUT2D eigenvalue weighted by atomic mass is 35.5. The molecule has 234 valence electrons. The second kappa shape index (κ2) is 10.5. The van der Waals surface area contributed by atoms with Crippen LogP contribution in [0.4, 0.5) is 5.69 Å². The van der Waals surface area contributed by atoms with Gasteiger partial charge in [0, 0.05) is 35.7 Å². The lowest BCUT2D eigenvalue weighted by Crippen LogP contribution is -2.60. The van der Waals surface area contributed by atoms with Gasteiger partial charge in [-0.1, -0.05) is 48.0 Å². The van der Waals surface area contributed by atoms with Crippen LogP contribution in [0.2, 0.25) is 0 Å². The quantitative estimate of drug-likeness (QED) is 0.180. The number of phenolic OH excluding ortho intramolecular Hbond substituents is 1. The molecule has 0 aromatic heterocycles. The highest BCUT2D eigenvalue weighted by molar-refractivity contribution is 6.53. The van der Waals surface area contributed by atoms with Gasteiger partial charge >= 0.3 is 0 Å². The highest BCUT2D eigenvalue weighted by Crippen LogP contribution is 2.66. The van der Waals surface area contributed by atoms with E-state index in [2.05, 4.69) is 0 Å². The van der Waals surface area contributed by atoms with E-state index in [1.165, 1.54) is 26.3 Å². The van der Waals surface area contributed by atoms with Crippen molar-refractivity contribution in [2.45, 2.75) is 28.5 Å². The first kappa shape index (κ1) is 30.2. The number of anilines is 1. The average Bonchev–Trinajstić information content (AvgIpc) is 3.39. The molecule has 6 atom stereocenters. The van der Waals surface area contributed by atoms with Gasteiger partial charge in [-0.15, -0.1) is 23.2 Å². The van der Waals surface area contributed by atoms with E-state index in [0.717, 1.165) is 9.80 Å². The molecular formula is C35H28Cl2N2O7. The fourth-order valence-electron chi connectivity index (χ4n) is 7.80. The molecule has 2 saturated heterocycles. The number of likely N-dealkylation sites (tertiary alicyclic amines) is 1. The molecule has 4 aliphatic rings. The summed E-state index contributed by atoms with van der Waals surface area (Å²) in [4.78, 5) is 66.6. The Hall–Kier alpha value is -4.47. The zero-order valence-electron chi connectivity index (χ0n) is 24.8. The number of amides is 4. The SMILES string of the molecule is COc1cc(O)ccc1C1C2=CCC3C(=O)N(c4ccc(C(=O)c5ccccc5)cc4)C(=O)C3C2CC2(Cl)C(=O)N(C)C(=O)C12Cl. The molecule has 1 saturated carbocycles. The van der Waals surface area contributed by atoms with E-state index in [1.807, 2.05) is 12.1 Å². The number of imide groups is 2. The molecule has 6 unspecified atom stereocenters. The molecule has 3 fully saturated rings. The summed E-state index contributed by atoms with van der Waals surface area (Å²) in [7, 11) is 2.73. The number of ketones is 1. The normalized spacial score (nSPS) is 30.1. The third-order valence-corrected chi connectivity index (χ3v) is 11.4. The van der Waals surface area contributed by atoms with Crippen LogP contribution in [0, 0.1) is 17.8 Å². The molecule has 11 heteroatoms. The van der Waals surface area contributed by atoms with Crippen LogP contribution in [0.3, 0.4) is 0 Å². The van der Waals surface area contributed by atoms with Crippen LogP contribution in [-0.4, -0.2) is 63.3 Å². The number of hydrogen-bond acceptors (Lipinski definition) is 7. The summed E-state index contributed by atoms with van der Waals surface area (Å²) in [6.45, 7) is 0. The topological polar surface area (TPSA) is 121 Å². The molecule has 2 heterocycles. The number of rotatable bonds is 5. The lowest BCUT2D eigenvalue weighted by molar-refractivity contribution is -0.138. The lowest BCUT2D eigenvalue weighted by atomic mass is 9.56. The number of fused-ring (bicyclic) bond motifs is 4. The van der Waals surface area contributed by atoms with E-state index in [0.29, 0.717) is 28.0 Å². The number of methoxy groups -OCH3 is 1. The van der Waals surface area contributed by atoms with Crippen LogP contribution >= 0.6 is 23.2 Å². The van der Waals surface area contributed by atoms with Crippen molar-refractivity contribution in [1.82, 2.24) is 4.90 Å². The first-order chi connectivity index (χ1) is 21.9. The molecule has 0 spiro atoms. The standard InChI is InChI=1S/C35H28Cl2N2O7/c1-38-32(44)34(36)17-25-22(28(35(34,37)33(38)45)23-13-12-21(40)16-26(23)46-2)14-15-24-27(25)31(43)39(30(24)42)20-10-8-19(9-11-20)29(41)18-6-4-3-5-7-18/h3-14,16,24-25,27-28,40H,15,17H2,1-2H3. The number of allylic oxidation sites excluding steroid dienone is 2. The van der Waals surface area contributed by atoms with Crippen molar-refractivity contribution in [3.63, 3.8) is 0 Å². The Morgan fingerprint density at radius 2 is 1.57 bits per heavy atom. The van der Waals surface area contributed by atoms with Crippen molar-refractivity contribution >= 4 is 58.3 Å². The maximum atomic E-state index is 14.3. The minimum atomic E-state index is -1.97. The Balaban J connectivity index is 1.29. The molecule has 7 rings (SSSR count). The number of alkyl halides is 2. The monoisotopic (exact) mass is 658 g/mol. The van der Waals surface area contributed by atoms with Gasteiger partial charge in [0.2, 0.25) is 11.8 Å². The smallest absolute Gasteiger partial charge is 0.253 e. The van der Waals surface area contributed by atoms with Gasteiger partial charge in [0.15, 0.2) is 15.5 Å². The summed E-state index contributed by atoms with van der Waals surface area (Å²) >= 11 is 14.4. The molecule has 3 aromatic carbocycles. The summed E-state index contributed by atoms with van der Waals surface area (Å²) < 4.78 is 5.58. The first-order valence-electron chi connectivity index (χ1n) is 14.8. The number of aromatic hydroxyl groups is 1. The number of carbonyl (C=O) groups excluding carboxylic acids is 5. The Morgan fingerprint density at radius 3 is 2.24 bits per heavy atom. The Morgan fingerprint density at radius 1 is 0.891 bits per heavy atom. The predicted octanol–water partition coefficient (Wildman–Crippen LogP) is 4.83. The summed E-state index contributed by atoms with van der Waals surface area (Å²) in [6.07, 6.45) is 1.88. The molecular weight excluding hydrogens is 631 g/mol. The third-order valence-electron chi connectivity index (χ3n) is 9.97. The molecule has 9 nitrogen and oxygen atoms in total. The van der Waals surface area contributed by atoms with E-state index in [4.69, 9.17) is 27.9 Å². The largest absolute Gasteiger partial charge is 0.508 e. The van der Waals surface area contributed by atoms with Gasteiger partial charge in [0.1, 0.15) is 11.5 Å². The van der Waals surface area contributed by atoms with E-state index in [1.54, 1.807) is 54.6 Å². The van der Waals surface area contributed by atoms with E-state index >= 15 is 0 Å². The Labute approximate surface area is 274 Å². The molecule has 0 radical (unpaired) electrons. The highest BCUT2D eigenvalue weighted by Gasteiger charge is 2.76. The van der Waals surface area contributed by atoms with Crippen molar-refractivity contribution in [3.05, 3.63) is 101 Å².